The summed E-state index contributed by atoms with van der Waals surface area (Å²) in [7, 11) is 6.25. The number of halogens is 1. The second-order valence-corrected chi connectivity index (χ2v) is 2.02. The molecule has 0 aliphatic rings. The van der Waals surface area contributed by atoms with E-state index in [0.29, 0.717) is 6.54 Å². The molecule has 58 valence electrons. The minimum Gasteiger partial charge on any atom is -1.00 e. The van der Waals surface area contributed by atoms with Crippen LogP contribution in [0.1, 0.15) is 0 Å². The fourth-order valence-corrected chi connectivity index (χ4v) is 0. The molecule has 0 saturated heterocycles. The van der Waals surface area contributed by atoms with Gasteiger partial charge in [-0.15, -0.1) is 6.58 Å². The molecule has 2 nitrogen and oxygen atoms in total. The maximum absolute atomic E-state index is 4.91. The lowest BCUT2D eigenvalue weighted by Gasteiger charge is -1.88. The van der Waals surface area contributed by atoms with Crippen molar-refractivity contribution in [2.45, 2.75) is 0 Å². The van der Waals surface area contributed by atoms with E-state index in [1.165, 1.54) is 4.90 Å². The first kappa shape index (κ1) is 16.0. The average Bonchev–Trinajstić information content (AvgIpc) is 1.65. The minimum atomic E-state index is 0. The molecular formula is C6H17ClN2. The van der Waals surface area contributed by atoms with Crippen LogP contribution in [0.5, 0.6) is 0 Å². The quantitative estimate of drug-likeness (QED) is 0.368. The fourth-order valence-electron chi connectivity index (χ4n) is 0. The molecule has 0 aromatic heterocycles. The molecule has 0 aromatic carbocycles. The Morgan fingerprint density at radius 2 is 1.56 bits per heavy atom. The van der Waals surface area contributed by atoms with E-state index in [-0.39, 0.29) is 12.4 Å². The molecule has 0 unspecified atom stereocenters. The Bertz CT molecular complexity index is 43.6. The van der Waals surface area contributed by atoms with Crippen LogP contribution in [0, 0.1) is 0 Å². The molecule has 0 saturated carbocycles. The Kier molecular flexibility index (Phi) is 27.8. The number of hydrogen-bond donors (Lipinski definition) is 2. The third kappa shape index (κ3) is 312. The Morgan fingerprint density at radius 1 is 1.44 bits per heavy atom. The van der Waals surface area contributed by atoms with Crippen molar-refractivity contribution in [1.29, 1.82) is 0 Å². The topological polar surface area (TPSA) is 30.5 Å². The molecule has 0 radical (unpaired) electrons. The van der Waals surface area contributed by atoms with Crippen LogP contribution in [0.2, 0.25) is 0 Å². The number of hydrogen-bond acceptors (Lipinski definition) is 1. The molecule has 0 amide bonds. The van der Waals surface area contributed by atoms with Crippen molar-refractivity contribution in [3.63, 3.8) is 0 Å². The normalized spacial score (nSPS) is 6.78. The summed E-state index contributed by atoms with van der Waals surface area (Å²) in [6.45, 7) is 3.94. The van der Waals surface area contributed by atoms with E-state index < -0.39 is 0 Å². The van der Waals surface area contributed by atoms with Crippen LogP contribution < -0.4 is 23.0 Å². The van der Waals surface area contributed by atoms with Crippen LogP contribution in [-0.4, -0.2) is 27.7 Å². The van der Waals surface area contributed by atoms with Crippen LogP contribution in [-0.2, 0) is 0 Å². The zero-order chi connectivity index (χ0) is 6.99. The Hall–Kier alpha value is -0.0500. The van der Waals surface area contributed by atoms with Gasteiger partial charge in [0, 0.05) is 6.54 Å². The van der Waals surface area contributed by atoms with Gasteiger partial charge in [-0.3, -0.25) is 0 Å². The van der Waals surface area contributed by atoms with E-state index in [0.717, 1.165) is 0 Å². The summed E-state index contributed by atoms with van der Waals surface area (Å²) < 4.78 is 0. The van der Waals surface area contributed by atoms with Crippen LogP contribution in [0.25, 0.3) is 0 Å². The van der Waals surface area contributed by atoms with Gasteiger partial charge in [0.15, 0.2) is 0 Å². The second kappa shape index (κ2) is 15.7. The highest BCUT2D eigenvalue weighted by atomic mass is 35.5. The average molecular weight is 153 g/mol. The van der Waals surface area contributed by atoms with Gasteiger partial charge < -0.3 is 23.0 Å². The summed E-state index contributed by atoms with van der Waals surface area (Å²) in [4.78, 5) is 1.42. The standard InChI is InChI=1S/C3H9N.C3H7N.ClH/c1-4(2)3;1-2-3-4;/h1-3H3;2H,1,3-4H2;1H. The Balaban J connectivity index is -0.0000000720. The van der Waals surface area contributed by atoms with E-state index in [9.17, 15) is 0 Å². The van der Waals surface area contributed by atoms with Gasteiger partial charge >= 0.3 is 0 Å². The van der Waals surface area contributed by atoms with Gasteiger partial charge in [0.25, 0.3) is 0 Å². The van der Waals surface area contributed by atoms with E-state index in [1.54, 1.807) is 6.08 Å². The van der Waals surface area contributed by atoms with Gasteiger partial charge in [-0.1, -0.05) is 6.08 Å². The van der Waals surface area contributed by atoms with E-state index in [1.807, 2.05) is 0 Å². The summed E-state index contributed by atoms with van der Waals surface area (Å²) >= 11 is 0. The maximum Gasteiger partial charge on any atom is 0.0661 e. The fraction of sp³-hybridized carbons (Fsp3) is 0.667. The molecule has 0 heterocycles. The summed E-state index contributed by atoms with van der Waals surface area (Å²) in [5.41, 5.74) is 4.91. The van der Waals surface area contributed by atoms with E-state index >= 15 is 0 Å². The van der Waals surface area contributed by atoms with Gasteiger partial charge in [-0.25, -0.2) is 0 Å². The lowest BCUT2D eigenvalue weighted by Crippen LogP contribution is -3.02. The molecule has 0 aliphatic heterocycles. The molecule has 0 aliphatic carbocycles. The lowest BCUT2D eigenvalue weighted by atomic mass is 10.7. The molecule has 0 bridgehead atoms. The Labute approximate surface area is 64.1 Å². The van der Waals surface area contributed by atoms with Crippen molar-refractivity contribution >= 4 is 0 Å². The lowest BCUT2D eigenvalue weighted by molar-refractivity contribution is -0.836. The van der Waals surface area contributed by atoms with Crippen LogP contribution >= 0.6 is 0 Å². The monoisotopic (exact) mass is 152 g/mol. The first-order valence-electron chi connectivity index (χ1n) is 2.72. The van der Waals surface area contributed by atoms with Gasteiger partial charge in [-0.2, -0.15) is 0 Å². The smallest absolute Gasteiger partial charge is 0.0661 e. The predicted molar refractivity (Wildman–Crippen MR) is 38.0 cm³/mol. The summed E-state index contributed by atoms with van der Waals surface area (Å²) in [6, 6.07) is 0. The number of nitrogens with two attached hydrogens (primary N) is 1. The van der Waals surface area contributed by atoms with Gasteiger partial charge in [0.2, 0.25) is 0 Å². The van der Waals surface area contributed by atoms with Crippen molar-refractivity contribution in [2.75, 3.05) is 27.7 Å². The molecule has 0 fully saturated rings. The molecule has 3 N–H and O–H groups in total. The SMILES string of the molecule is C=CCN.C[NH+](C)C.[Cl-]. The van der Waals surface area contributed by atoms with Gasteiger partial charge in [0.05, 0.1) is 21.1 Å². The van der Waals surface area contributed by atoms with Crippen LogP contribution in [0.4, 0.5) is 0 Å². The van der Waals surface area contributed by atoms with E-state index in [4.69, 9.17) is 5.73 Å². The Morgan fingerprint density at radius 3 is 1.56 bits per heavy atom. The van der Waals surface area contributed by atoms with Gasteiger partial charge in [0.1, 0.15) is 0 Å². The highest BCUT2D eigenvalue weighted by molar-refractivity contribution is 4.64. The third-order valence-electron chi connectivity index (χ3n) is 0.167. The zero-order valence-electron chi connectivity index (χ0n) is 6.45. The highest BCUT2D eigenvalue weighted by Crippen LogP contribution is 1.40. The molecule has 0 rings (SSSR count). The summed E-state index contributed by atoms with van der Waals surface area (Å²) in [5, 5.41) is 0. The zero-order valence-corrected chi connectivity index (χ0v) is 7.20. The first-order valence-corrected chi connectivity index (χ1v) is 2.72. The molecule has 0 spiro atoms. The first-order chi connectivity index (χ1) is 3.65. The second-order valence-electron chi connectivity index (χ2n) is 2.02. The number of nitrogens with one attached hydrogen (secondary N) is 1. The van der Waals surface area contributed by atoms with Gasteiger partial charge in [-0.05, 0) is 0 Å². The van der Waals surface area contributed by atoms with Crippen molar-refractivity contribution in [3.8, 4) is 0 Å². The third-order valence-corrected chi connectivity index (χ3v) is 0.167. The predicted octanol–water partition coefficient (Wildman–Crippen LogP) is -4.10. The van der Waals surface area contributed by atoms with E-state index in [2.05, 4.69) is 27.7 Å². The minimum absolute atomic E-state index is 0. The molecule has 9 heavy (non-hydrogen) atoms. The van der Waals surface area contributed by atoms with Crippen molar-refractivity contribution in [3.05, 3.63) is 12.7 Å². The maximum atomic E-state index is 4.91. The molecule has 0 atom stereocenters. The number of rotatable bonds is 1. The van der Waals surface area contributed by atoms with Crippen LogP contribution in [0.15, 0.2) is 12.7 Å². The molecular weight excluding hydrogens is 136 g/mol. The largest absolute Gasteiger partial charge is 1.00 e. The summed E-state index contributed by atoms with van der Waals surface area (Å²) in [6.07, 6.45) is 1.65. The summed E-state index contributed by atoms with van der Waals surface area (Å²) in [5.74, 6) is 0. The van der Waals surface area contributed by atoms with Crippen molar-refractivity contribution in [1.82, 2.24) is 0 Å². The number of quaternary nitrogens is 1. The highest BCUT2D eigenvalue weighted by Gasteiger charge is 1.61. The molecule has 0 aromatic rings. The van der Waals surface area contributed by atoms with Crippen molar-refractivity contribution in [2.24, 2.45) is 5.73 Å². The van der Waals surface area contributed by atoms with Crippen LogP contribution in [0.3, 0.4) is 0 Å². The van der Waals surface area contributed by atoms with Crippen molar-refractivity contribution < 1.29 is 17.3 Å². The molecule has 3 heteroatoms.